The molecule has 0 bridgehead atoms. The summed E-state index contributed by atoms with van der Waals surface area (Å²) in [6.07, 6.45) is 0.832. The minimum Gasteiger partial charge on any atom is -0.380 e. The second kappa shape index (κ2) is 7.21. The van der Waals surface area contributed by atoms with E-state index in [0.29, 0.717) is 18.8 Å². The number of urea groups is 1. The highest BCUT2D eigenvalue weighted by Crippen LogP contribution is 2.18. The first-order valence-electron chi connectivity index (χ1n) is 8.00. The number of primary amides is 1. The average molecular weight is 342 g/mol. The molecule has 25 heavy (non-hydrogen) atoms. The number of nitrogens with zero attached hydrogens (tertiary/aromatic N) is 1. The normalized spacial score (nSPS) is 16.5. The van der Waals surface area contributed by atoms with E-state index in [2.05, 4.69) is 10.6 Å². The van der Waals surface area contributed by atoms with E-state index in [1.165, 1.54) is 12.1 Å². The molecule has 6 nitrogen and oxygen atoms in total. The van der Waals surface area contributed by atoms with Crippen LogP contribution in [0.4, 0.5) is 20.6 Å². The summed E-state index contributed by atoms with van der Waals surface area (Å²) >= 11 is 0. The summed E-state index contributed by atoms with van der Waals surface area (Å²) in [7, 11) is 0. The number of benzene rings is 2. The van der Waals surface area contributed by atoms with Gasteiger partial charge in [0.1, 0.15) is 5.82 Å². The second-order valence-electron chi connectivity index (χ2n) is 5.93. The molecule has 0 radical (unpaired) electrons. The molecule has 2 aromatic carbocycles. The maximum absolute atomic E-state index is 13.5. The van der Waals surface area contributed by atoms with Gasteiger partial charge < -0.3 is 21.3 Å². The van der Waals surface area contributed by atoms with Gasteiger partial charge in [0, 0.05) is 30.5 Å². The molecule has 0 aliphatic carbocycles. The fourth-order valence-electron chi connectivity index (χ4n) is 2.83. The summed E-state index contributed by atoms with van der Waals surface area (Å²) in [5, 5.41) is 6.06. The third kappa shape index (κ3) is 4.06. The van der Waals surface area contributed by atoms with Gasteiger partial charge in [-0.3, -0.25) is 4.79 Å². The van der Waals surface area contributed by atoms with Gasteiger partial charge >= 0.3 is 6.03 Å². The van der Waals surface area contributed by atoms with Crippen LogP contribution in [0.15, 0.2) is 48.5 Å². The molecule has 4 N–H and O–H groups in total. The van der Waals surface area contributed by atoms with E-state index >= 15 is 0 Å². The molecule has 1 fully saturated rings. The minimum absolute atomic E-state index is 0.169. The van der Waals surface area contributed by atoms with Crippen molar-refractivity contribution in [2.75, 3.05) is 23.7 Å². The van der Waals surface area contributed by atoms with E-state index in [9.17, 15) is 14.0 Å². The highest BCUT2D eigenvalue weighted by Gasteiger charge is 2.26. The van der Waals surface area contributed by atoms with Gasteiger partial charge in [0.25, 0.3) is 5.91 Å². The van der Waals surface area contributed by atoms with Crippen LogP contribution in [-0.2, 0) is 0 Å². The Hall–Kier alpha value is -3.09. The topological polar surface area (TPSA) is 87.5 Å². The lowest BCUT2D eigenvalue weighted by atomic mass is 10.2. The van der Waals surface area contributed by atoms with E-state index in [-0.39, 0.29) is 17.6 Å². The summed E-state index contributed by atoms with van der Waals surface area (Å²) in [5.74, 6) is -1.58. The summed E-state index contributed by atoms with van der Waals surface area (Å²) in [6.45, 7) is 1.17. The highest BCUT2D eigenvalue weighted by atomic mass is 19.1. The minimum atomic E-state index is -0.873. The molecule has 130 valence electrons. The van der Waals surface area contributed by atoms with Gasteiger partial charge in [0.15, 0.2) is 0 Å². The standard InChI is InChI=1S/C18H19FN4O2/c19-16-7-6-13(10-15(16)17(20)24)22-18(25)23-9-8-14(11-23)21-12-4-2-1-3-5-12/h1-7,10,14,21H,8-9,11H2,(H2,20,24)(H,22,25)/t14-/m0/s1. The van der Waals surface area contributed by atoms with E-state index in [1.54, 1.807) is 4.90 Å². The number of hydrogen-bond donors (Lipinski definition) is 3. The number of hydrogen-bond acceptors (Lipinski definition) is 3. The largest absolute Gasteiger partial charge is 0.380 e. The Balaban J connectivity index is 1.59. The summed E-state index contributed by atoms with van der Waals surface area (Å²) in [4.78, 5) is 25.2. The molecule has 3 amide bonds. The zero-order valence-electron chi connectivity index (χ0n) is 13.5. The van der Waals surface area contributed by atoms with E-state index in [0.717, 1.165) is 18.2 Å². The number of rotatable bonds is 4. The zero-order chi connectivity index (χ0) is 17.8. The van der Waals surface area contributed by atoms with Crippen LogP contribution < -0.4 is 16.4 Å². The fourth-order valence-corrected chi connectivity index (χ4v) is 2.83. The average Bonchev–Trinajstić information content (AvgIpc) is 3.06. The first kappa shape index (κ1) is 16.8. The lowest BCUT2D eigenvalue weighted by molar-refractivity contribution is 0.0996. The number of amides is 3. The number of likely N-dealkylation sites (tertiary alicyclic amines) is 1. The Bertz CT molecular complexity index is 782. The van der Waals surface area contributed by atoms with Gasteiger partial charge in [-0.2, -0.15) is 0 Å². The van der Waals surface area contributed by atoms with Gasteiger partial charge in [0.05, 0.1) is 5.56 Å². The van der Waals surface area contributed by atoms with Gasteiger partial charge in [0.2, 0.25) is 0 Å². The van der Waals surface area contributed by atoms with Crippen LogP contribution in [0, 0.1) is 5.82 Å². The summed E-state index contributed by atoms with van der Waals surface area (Å²) in [5.41, 5.74) is 6.22. The van der Waals surface area contributed by atoms with Crippen LogP contribution in [0.1, 0.15) is 16.8 Å². The third-order valence-electron chi connectivity index (χ3n) is 4.10. The Labute approximate surface area is 144 Å². The zero-order valence-corrected chi connectivity index (χ0v) is 13.5. The molecule has 1 aliphatic heterocycles. The van der Waals surface area contributed by atoms with Gasteiger partial charge in [-0.05, 0) is 36.8 Å². The van der Waals surface area contributed by atoms with Crippen LogP contribution in [-0.4, -0.2) is 36.0 Å². The van der Waals surface area contributed by atoms with Crippen LogP contribution >= 0.6 is 0 Å². The molecule has 0 aromatic heterocycles. The monoisotopic (exact) mass is 342 g/mol. The maximum Gasteiger partial charge on any atom is 0.321 e. The number of halogens is 1. The number of carbonyl (C=O) groups is 2. The Morgan fingerprint density at radius 2 is 1.88 bits per heavy atom. The van der Waals surface area contributed by atoms with Crippen LogP contribution in [0.25, 0.3) is 0 Å². The maximum atomic E-state index is 13.5. The molecule has 7 heteroatoms. The van der Waals surface area contributed by atoms with Gasteiger partial charge in [-0.15, -0.1) is 0 Å². The molecule has 0 spiro atoms. The van der Waals surface area contributed by atoms with Crippen LogP contribution in [0.5, 0.6) is 0 Å². The van der Waals surface area contributed by atoms with Crippen molar-refractivity contribution in [3.8, 4) is 0 Å². The molecule has 1 saturated heterocycles. The lowest BCUT2D eigenvalue weighted by Crippen LogP contribution is -2.35. The molecule has 2 aromatic rings. The Morgan fingerprint density at radius 1 is 1.12 bits per heavy atom. The summed E-state index contributed by atoms with van der Waals surface area (Å²) in [6, 6.07) is 13.4. The molecule has 3 rings (SSSR count). The smallest absolute Gasteiger partial charge is 0.321 e. The first-order chi connectivity index (χ1) is 12.0. The summed E-state index contributed by atoms with van der Waals surface area (Å²) < 4.78 is 13.5. The number of nitrogens with two attached hydrogens (primary N) is 1. The van der Waals surface area contributed by atoms with Crippen LogP contribution in [0.2, 0.25) is 0 Å². The van der Waals surface area contributed by atoms with Crippen molar-refractivity contribution in [3.05, 3.63) is 59.9 Å². The predicted molar refractivity (Wildman–Crippen MR) is 94.0 cm³/mol. The van der Waals surface area contributed by atoms with Crippen molar-refractivity contribution in [2.45, 2.75) is 12.5 Å². The third-order valence-corrected chi connectivity index (χ3v) is 4.10. The Kier molecular flexibility index (Phi) is 4.83. The molecule has 0 saturated carbocycles. The second-order valence-corrected chi connectivity index (χ2v) is 5.93. The van der Waals surface area contributed by atoms with Crippen molar-refractivity contribution < 1.29 is 14.0 Å². The number of anilines is 2. The lowest BCUT2D eigenvalue weighted by Gasteiger charge is -2.18. The van der Waals surface area contributed by atoms with E-state index in [4.69, 9.17) is 5.73 Å². The van der Waals surface area contributed by atoms with Crippen molar-refractivity contribution in [3.63, 3.8) is 0 Å². The van der Waals surface area contributed by atoms with Crippen molar-refractivity contribution in [1.82, 2.24) is 4.90 Å². The van der Waals surface area contributed by atoms with Crippen LogP contribution in [0.3, 0.4) is 0 Å². The molecule has 1 atom stereocenters. The quantitative estimate of drug-likeness (QED) is 0.798. The Morgan fingerprint density at radius 3 is 2.60 bits per heavy atom. The van der Waals surface area contributed by atoms with E-state index in [1.807, 2.05) is 30.3 Å². The highest BCUT2D eigenvalue weighted by molar-refractivity contribution is 5.96. The molecule has 0 unspecified atom stereocenters. The predicted octanol–water partition coefficient (Wildman–Crippen LogP) is 2.64. The van der Waals surface area contributed by atoms with Crippen molar-refractivity contribution in [2.24, 2.45) is 5.73 Å². The SMILES string of the molecule is NC(=O)c1cc(NC(=O)N2CC[C@H](Nc3ccccc3)C2)ccc1F. The van der Waals surface area contributed by atoms with E-state index < -0.39 is 11.7 Å². The van der Waals surface area contributed by atoms with Gasteiger partial charge in [-0.1, -0.05) is 18.2 Å². The molecular weight excluding hydrogens is 323 g/mol. The van der Waals surface area contributed by atoms with Crippen molar-refractivity contribution in [1.29, 1.82) is 0 Å². The number of carbonyl (C=O) groups excluding carboxylic acids is 2. The number of nitrogens with one attached hydrogen (secondary N) is 2. The first-order valence-corrected chi connectivity index (χ1v) is 8.00. The fraction of sp³-hybridized carbons (Fsp3) is 0.222. The van der Waals surface area contributed by atoms with Crippen molar-refractivity contribution >= 4 is 23.3 Å². The number of para-hydroxylation sites is 1. The van der Waals surface area contributed by atoms with Gasteiger partial charge in [-0.25, -0.2) is 9.18 Å². The molecule has 1 heterocycles. The molecular formula is C18H19FN4O2. The molecule has 1 aliphatic rings.